The van der Waals surface area contributed by atoms with E-state index in [0.717, 1.165) is 24.3 Å². The van der Waals surface area contributed by atoms with E-state index in [9.17, 15) is 9.59 Å². The van der Waals surface area contributed by atoms with Crippen LogP contribution in [0.15, 0.2) is 41.7 Å². The van der Waals surface area contributed by atoms with Gasteiger partial charge in [-0.3, -0.25) is 14.0 Å². The fourth-order valence-electron chi connectivity index (χ4n) is 3.40. The summed E-state index contributed by atoms with van der Waals surface area (Å²) in [5.74, 6) is -0.0562. The Morgan fingerprint density at radius 2 is 2.07 bits per heavy atom. The molecule has 0 unspecified atom stereocenters. The van der Waals surface area contributed by atoms with Crippen molar-refractivity contribution < 1.29 is 4.79 Å². The first-order valence-electron chi connectivity index (χ1n) is 8.95. The molecule has 1 aromatic carbocycles. The van der Waals surface area contributed by atoms with E-state index in [4.69, 9.17) is 11.6 Å². The van der Waals surface area contributed by atoms with Crippen LogP contribution < -0.4 is 10.9 Å². The number of amides is 1. The van der Waals surface area contributed by atoms with E-state index in [0.29, 0.717) is 35.7 Å². The summed E-state index contributed by atoms with van der Waals surface area (Å²) in [5.41, 5.74) is 2.53. The predicted molar refractivity (Wildman–Crippen MR) is 104 cm³/mol. The molecular formula is C19H20ClN5O2. The Labute approximate surface area is 161 Å². The highest BCUT2D eigenvalue weighted by Crippen LogP contribution is 2.27. The van der Waals surface area contributed by atoms with Crippen LogP contribution in [0.5, 0.6) is 0 Å². The Kier molecular flexibility index (Phi) is 4.72. The van der Waals surface area contributed by atoms with Gasteiger partial charge in [-0.2, -0.15) is 0 Å². The van der Waals surface area contributed by atoms with Gasteiger partial charge in [-0.1, -0.05) is 17.7 Å². The van der Waals surface area contributed by atoms with Crippen LogP contribution in [0, 0.1) is 0 Å². The van der Waals surface area contributed by atoms with Crippen molar-refractivity contribution in [3.63, 3.8) is 0 Å². The van der Waals surface area contributed by atoms with Gasteiger partial charge in [-0.15, -0.1) is 0 Å². The summed E-state index contributed by atoms with van der Waals surface area (Å²) in [6, 6.07) is 5.39. The van der Waals surface area contributed by atoms with E-state index in [1.165, 1.54) is 0 Å². The Hall–Kier alpha value is -2.64. The second-order valence-electron chi connectivity index (χ2n) is 6.49. The van der Waals surface area contributed by atoms with Crippen molar-refractivity contribution in [1.82, 2.24) is 24.2 Å². The number of carbonyl (C=O) groups is 1. The van der Waals surface area contributed by atoms with Crippen molar-refractivity contribution in [2.75, 3.05) is 26.2 Å². The van der Waals surface area contributed by atoms with Crippen LogP contribution in [0.2, 0.25) is 5.02 Å². The predicted octanol–water partition coefficient (Wildman–Crippen LogP) is 1.88. The molecule has 140 valence electrons. The minimum absolute atomic E-state index is 0.0562. The quantitative estimate of drug-likeness (QED) is 0.747. The zero-order chi connectivity index (χ0) is 19.0. The molecule has 0 bridgehead atoms. The molecule has 3 heterocycles. The lowest BCUT2D eigenvalue weighted by atomic mass is 10.1. The van der Waals surface area contributed by atoms with Crippen molar-refractivity contribution in [2.45, 2.75) is 13.5 Å². The summed E-state index contributed by atoms with van der Waals surface area (Å²) >= 11 is 6.47. The van der Waals surface area contributed by atoms with Gasteiger partial charge in [0.1, 0.15) is 5.52 Å². The van der Waals surface area contributed by atoms with Crippen LogP contribution in [-0.4, -0.2) is 50.9 Å². The number of halogens is 1. The van der Waals surface area contributed by atoms with Gasteiger partial charge in [0.05, 0.1) is 28.8 Å². The summed E-state index contributed by atoms with van der Waals surface area (Å²) < 4.78 is 3.39. The average Bonchev–Trinajstić information content (AvgIpc) is 3.19. The Morgan fingerprint density at radius 3 is 2.78 bits per heavy atom. The minimum Gasteiger partial charge on any atom is -0.336 e. The minimum atomic E-state index is -0.0876. The third-order valence-electron chi connectivity index (χ3n) is 4.90. The molecule has 7 nitrogen and oxygen atoms in total. The average molecular weight is 386 g/mol. The Balaban J connectivity index is 1.76. The van der Waals surface area contributed by atoms with E-state index < -0.39 is 0 Å². The van der Waals surface area contributed by atoms with E-state index in [2.05, 4.69) is 10.3 Å². The molecule has 1 amide bonds. The lowest BCUT2D eigenvalue weighted by Crippen LogP contribution is -2.46. The van der Waals surface area contributed by atoms with Crippen LogP contribution in [0.3, 0.4) is 0 Å². The fourth-order valence-corrected chi connectivity index (χ4v) is 3.66. The number of nitrogens with zero attached hydrogens (tertiary/aromatic N) is 4. The summed E-state index contributed by atoms with van der Waals surface area (Å²) in [6.45, 7) is 5.40. The van der Waals surface area contributed by atoms with Gasteiger partial charge in [0, 0.05) is 44.5 Å². The molecule has 1 aliphatic heterocycles. The standard InChI is InChI=1S/C19H20ClN5O2/c1-2-23-11-17(25-12-22-10-16(25)19(23)27)13-3-4-14(15(20)9-13)18(26)24-7-5-21-6-8-24/h3-4,9-12,21H,2,5-8H2,1H3. The topological polar surface area (TPSA) is 71.6 Å². The SMILES string of the molecule is CCn1cc(-c2ccc(C(=O)N3CCNCC3)c(Cl)c2)n2cncc2c1=O. The number of benzene rings is 1. The van der Waals surface area contributed by atoms with Crippen molar-refractivity contribution >= 4 is 23.0 Å². The van der Waals surface area contributed by atoms with Gasteiger partial charge < -0.3 is 14.8 Å². The number of imidazole rings is 1. The summed E-state index contributed by atoms with van der Waals surface area (Å²) in [4.78, 5) is 31.1. The summed E-state index contributed by atoms with van der Waals surface area (Å²) in [7, 11) is 0. The van der Waals surface area contributed by atoms with Crippen LogP contribution in [-0.2, 0) is 6.54 Å². The number of fused-ring (bicyclic) bond motifs is 1. The van der Waals surface area contributed by atoms with Crippen molar-refractivity contribution in [3.8, 4) is 11.3 Å². The first kappa shape index (κ1) is 17.8. The van der Waals surface area contributed by atoms with E-state index in [1.54, 1.807) is 39.8 Å². The fraction of sp³-hybridized carbons (Fsp3) is 0.316. The second kappa shape index (κ2) is 7.17. The second-order valence-corrected chi connectivity index (χ2v) is 6.90. The molecule has 2 aromatic heterocycles. The van der Waals surface area contributed by atoms with Gasteiger partial charge in [0.15, 0.2) is 0 Å². The van der Waals surface area contributed by atoms with Crippen LogP contribution in [0.25, 0.3) is 16.8 Å². The first-order valence-corrected chi connectivity index (χ1v) is 9.33. The zero-order valence-corrected chi connectivity index (χ0v) is 15.7. The van der Waals surface area contributed by atoms with Gasteiger partial charge in [-0.25, -0.2) is 4.98 Å². The number of piperazine rings is 1. The van der Waals surface area contributed by atoms with Gasteiger partial charge in [0.2, 0.25) is 0 Å². The van der Waals surface area contributed by atoms with Crippen molar-refractivity contribution in [2.24, 2.45) is 0 Å². The molecule has 0 atom stereocenters. The largest absolute Gasteiger partial charge is 0.336 e. The van der Waals surface area contributed by atoms with Crippen LogP contribution in [0.1, 0.15) is 17.3 Å². The lowest BCUT2D eigenvalue weighted by Gasteiger charge is -2.27. The number of aryl methyl sites for hydroxylation is 1. The highest BCUT2D eigenvalue weighted by atomic mass is 35.5. The molecule has 0 radical (unpaired) electrons. The number of hydrogen-bond acceptors (Lipinski definition) is 4. The zero-order valence-electron chi connectivity index (χ0n) is 15.0. The molecule has 0 spiro atoms. The normalized spacial score (nSPS) is 14.7. The molecule has 1 saturated heterocycles. The number of carbonyl (C=O) groups excluding carboxylic acids is 1. The van der Waals surface area contributed by atoms with E-state index in [-0.39, 0.29) is 11.5 Å². The van der Waals surface area contributed by atoms with Crippen molar-refractivity contribution in [1.29, 1.82) is 0 Å². The summed E-state index contributed by atoms with van der Waals surface area (Å²) in [6.07, 6.45) is 4.96. The number of nitrogens with one attached hydrogen (secondary N) is 1. The smallest absolute Gasteiger partial charge is 0.276 e. The highest BCUT2D eigenvalue weighted by molar-refractivity contribution is 6.34. The molecule has 1 fully saturated rings. The molecule has 3 aromatic rings. The number of rotatable bonds is 3. The highest BCUT2D eigenvalue weighted by Gasteiger charge is 2.21. The maximum absolute atomic E-state index is 12.7. The molecule has 1 aliphatic rings. The molecule has 1 N–H and O–H groups in total. The van der Waals surface area contributed by atoms with Gasteiger partial charge >= 0.3 is 0 Å². The maximum atomic E-state index is 12.7. The van der Waals surface area contributed by atoms with Crippen LogP contribution in [0.4, 0.5) is 0 Å². The molecule has 8 heteroatoms. The number of hydrogen-bond donors (Lipinski definition) is 1. The monoisotopic (exact) mass is 385 g/mol. The molecule has 0 saturated carbocycles. The van der Waals surface area contributed by atoms with Gasteiger partial charge in [0.25, 0.3) is 11.5 Å². The number of aromatic nitrogens is 3. The first-order chi connectivity index (χ1) is 13.1. The Bertz CT molecular complexity index is 1070. The lowest BCUT2D eigenvalue weighted by molar-refractivity contribution is 0.0736. The molecule has 27 heavy (non-hydrogen) atoms. The van der Waals surface area contributed by atoms with E-state index >= 15 is 0 Å². The van der Waals surface area contributed by atoms with E-state index in [1.807, 2.05) is 17.9 Å². The Morgan fingerprint density at radius 1 is 1.30 bits per heavy atom. The molecule has 0 aliphatic carbocycles. The molecular weight excluding hydrogens is 366 g/mol. The van der Waals surface area contributed by atoms with Crippen LogP contribution >= 0.6 is 11.6 Å². The van der Waals surface area contributed by atoms with Gasteiger partial charge in [-0.05, 0) is 19.1 Å². The third kappa shape index (κ3) is 3.13. The third-order valence-corrected chi connectivity index (χ3v) is 5.21. The summed E-state index contributed by atoms with van der Waals surface area (Å²) in [5, 5.41) is 3.63. The maximum Gasteiger partial charge on any atom is 0.276 e. The molecule has 4 rings (SSSR count). The van der Waals surface area contributed by atoms with Crippen molar-refractivity contribution in [3.05, 3.63) is 57.9 Å².